The number of hydrogen-bond donors (Lipinski definition) is 2. The number of amides is 2. The standard InChI is InChI=1S/C23H18F2N4O2/c1-26-23(31)21(15-8-11-17(24)18(25)12-15)28-22(30)14-6-9-16(10-7-14)29-13-27-19-4-2-3-5-20(19)29/h2-13,21H,1H3,(H,26,31)(H,28,30). The topological polar surface area (TPSA) is 76.0 Å². The molecule has 0 aliphatic heterocycles. The minimum atomic E-state index is -1.18. The molecular formula is C23H18F2N4O2. The summed E-state index contributed by atoms with van der Waals surface area (Å²) < 4.78 is 28.8. The van der Waals surface area contributed by atoms with Crippen LogP contribution in [0.15, 0.2) is 73.1 Å². The molecule has 2 N–H and O–H groups in total. The molecule has 0 spiro atoms. The summed E-state index contributed by atoms with van der Waals surface area (Å²) in [6.45, 7) is 0. The Kier molecular flexibility index (Phi) is 5.44. The number of carbonyl (C=O) groups is 2. The van der Waals surface area contributed by atoms with Crippen molar-refractivity contribution in [2.24, 2.45) is 0 Å². The van der Waals surface area contributed by atoms with E-state index in [-0.39, 0.29) is 5.56 Å². The molecule has 0 bridgehead atoms. The SMILES string of the molecule is CNC(=O)C(NC(=O)c1ccc(-n2cnc3ccccc32)cc1)c1ccc(F)c(F)c1. The van der Waals surface area contributed by atoms with Gasteiger partial charge in [0.15, 0.2) is 11.6 Å². The lowest BCUT2D eigenvalue weighted by Crippen LogP contribution is -2.39. The van der Waals surface area contributed by atoms with Crippen LogP contribution in [0.25, 0.3) is 16.7 Å². The normalized spacial score (nSPS) is 11.8. The van der Waals surface area contributed by atoms with Gasteiger partial charge in [-0.05, 0) is 54.1 Å². The Balaban J connectivity index is 1.58. The number of likely N-dealkylation sites (N-methyl/N-ethyl adjacent to an activating group) is 1. The lowest BCUT2D eigenvalue weighted by molar-refractivity contribution is -0.122. The average Bonchev–Trinajstić information content (AvgIpc) is 3.23. The Bertz CT molecular complexity index is 1270. The first-order valence-corrected chi connectivity index (χ1v) is 9.48. The molecule has 0 fully saturated rings. The van der Waals surface area contributed by atoms with Gasteiger partial charge in [-0.3, -0.25) is 14.2 Å². The van der Waals surface area contributed by atoms with Gasteiger partial charge in [0.25, 0.3) is 5.91 Å². The van der Waals surface area contributed by atoms with E-state index in [0.717, 1.165) is 28.9 Å². The summed E-state index contributed by atoms with van der Waals surface area (Å²) in [4.78, 5) is 29.3. The highest BCUT2D eigenvalue weighted by Crippen LogP contribution is 2.20. The highest BCUT2D eigenvalue weighted by molar-refractivity contribution is 5.98. The van der Waals surface area contributed by atoms with Crippen LogP contribution in [-0.2, 0) is 4.79 Å². The number of halogens is 2. The van der Waals surface area contributed by atoms with Crippen LogP contribution in [0.3, 0.4) is 0 Å². The zero-order chi connectivity index (χ0) is 22.0. The van der Waals surface area contributed by atoms with E-state index in [1.54, 1.807) is 30.6 Å². The van der Waals surface area contributed by atoms with E-state index in [9.17, 15) is 18.4 Å². The third-order valence-electron chi connectivity index (χ3n) is 4.92. The minimum Gasteiger partial charge on any atom is -0.357 e. The maximum atomic E-state index is 13.6. The molecule has 4 aromatic rings. The summed E-state index contributed by atoms with van der Waals surface area (Å²) in [5.41, 5.74) is 3.04. The van der Waals surface area contributed by atoms with Gasteiger partial charge in [-0.15, -0.1) is 0 Å². The van der Waals surface area contributed by atoms with Crippen LogP contribution in [0.1, 0.15) is 22.0 Å². The molecule has 1 atom stereocenters. The molecule has 0 saturated carbocycles. The molecule has 2 amide bonds. The van der Waals surface area contributed by atoms with Crippen LogP contribution in [0.5, 0.6) is 0 Å². The molecular weight excluding hydrogens is 402 g/mol. The van der Waals surface area contributed by atoms with Gasteiger partial charge in [0.1, 0.15) is 12.4 Å². The third kappa shape index (κ3) is 4.00. The van der Waals surface area contributed by atoms with Gasteiger partial charge in [-0.1, -0.05) is 18.2 Å². The van der Waals surface area contributed by atoms with Crippen molar-refractivity contribution in [3.05, 3.63) is 95.8 Å². The lowest BCUT2D eigenvalue weighted by atomic mass is 10.0. The van der Waals surface area contributed by atoms with Crippen molar-refractivity contribution in [2.75, 3.05) is 7.05 Å². The number of fused-ring (bicyclic) bond motifs is 1. The Morgan fingerprint density at radius 3 is 2.42 bits per heavy atom. The molecule has 0 aliphatic carbocycles. The van der Waals surface area contributed by atoms with E-state index in [2.05, 4.69) is 15.6 Å². The Morgan fingerprint density at radius 1 is 0.968 bits per heavy atom. The van der Waals surface area contributed by atoms with Gasteiger partial charge in [0.05, 0.1) is 11.0 Å². The van der Waals surface area contributed by atoms with Crippen LogP contribution < -0.4 is 10.6 Å². The van der Waals surface area contributed by atoms with Crippen LogP contribution in [-0.4, -0.2) is 28.4 Å². The number of hydrogen-bond acceptors (Lipinski definition) is 3. The van der Waals surface area contributed by atoms with Gasteiger partial charge in [0, 0.05) is 18.3 Å². The maximum Gasteiger partial charge on any atom is 0.252 e. The predicted molar refractivity (Wildman–Crippen MR) is 112 cm³/mol. The number of aromatic nitrogens is 2. The predicted octanol–water partition coefficient (Wildman–Crippen LogP) is 3.52. The van der Waals surface area contributed by atoms with E-state index in [1.165, 1.54) is 13.1 Å². The van der Waals surface area contributed by atoms with Crippen molar-refractivity contribution in [3.8, 4) is 5.69 Å². The Morgan fingerprint density at radius 2 is 1.71 bits per heavy atom. The Labute approximate surface area is 176 Å². The second kappa shape index (κ2) is 8.35. The fourth-order valence-corrected chi connectivity index (χ4v) is 3.29. The van der Waals surface area contributed by atoms with Crippen LogP contribution in [0.2, 0.25) is 0 Å². The summed E-state index contributed by atoms with van der Waals surface area (Å²) in [7, 11) is 1.39. The van der Waals surface area contributed by atoms with Crippen molar-refractivity contribution < 1.29 is 18.4 Å². The smallest absolute Gasteiger partial charge is 0.252 e. The molecule has 6 nitrogen and oxygen atoms in total. The van der Waals surface area contributed by atoms with E-state index in [0.29, 0.717) is 5.56 Å². The van der Waals surface area contributed by atoms with Crippen molar-refractivity contribution in [1.29, 1.82) is 0 Å². The summed E-state index contributed by atoms with van der Waals surface area (Å²) in [5, 5.41) is 4.99. The molecule has 1 unspecified atom stereocenters. The summed E-state index contributed by atoms with van der Waals surface area (Å²) in [6.07, 6.45) is 1.70. The van der Waals surface area contributed by atoms with Crippen LogP contribution >= 0.6 is 0 Å². The first-order valence-electron chi connectivity index (χ1n) is 9.48. The molecule has 0 radical (unpaired) electrons. The van der Waals surface area contributed by atoms with Gasteiger partial charge in [0.2, 0.25) is 5.91 Å². The Hall–Kier alpha value is -4.07. The largest absolute Gasteiger partial charge is 0.357 e. The van der Waals surface area contributed by atoms with Crippen LogP contribution in [0, 0.1) is 11.6 Å². The summed E-state index contributed by atoms with van der Waals surface area (Å²) >= 11 is 0. The number of imidazole rings is 1. The molecule has 1 aromatic heterocycles. The number of para-hydroxylation sites is 2. The van der Waals surface area contributed by atoms with Crippen LogP contribution in [0.4, 0.5) is 8.78 Å². The van der Waals surface area contributed by atoms with Crippen molar-refractivity contribution >= 4 is 22.8 Å². The zero-order valence-electron chi connectivity index (χ0n) is 16.5. The van der Waals surface area contributed by atoms with Crippen molar-refractivity contribution in [2.45, 2.75) is 6.04 Å². The molecule has 0 aliphatic rings. The molecule has 31 heavy (non-hydrogen) atoms. The summed E-state index contributed by atoms with van der Waals surface area (Å²) in [5.74, 6) is -3.22. The fraction of sp³-hybridized carbons (Fsp3) is 0.0870. The fourth-order valence-electron chi connectivity index (χ4n) is 3.29. The average molecular weight is 420 g/mol. The zero-order valence-corrected chi connectivity index (χ0v) is 16.5. The third-order valence-corrected chi connectivity index (χ3v) is 4.92. The number of rotatable bonds is 5. The van der Waals surface area contributed by atoms with Crippen molar-refractivity contribution in [3.63, 3.8) is 0 Å². The minimum absolute atomic E-state index is 0.133. The quantitative estimate of drug-likeness (QED) is 0.519. The number of carbonyl (C=O) groups excluding carboxylic acids is 2. The van der Waals surface area contributed by atoms with Gasteiger partial charge < -0.3 is 10.6 Å². The maximum absolute atomic E-state index is 13.6. The van der Waals surface area contributed by atoms with E-state index in [4.69, 9.17) is 0 Å². The number of nitrogens with one attached hydrogen (secondary N) is 2. The highest BCUT2D eigenvalue weighted by Gasteiger charge is 2.23. The van der Waals surface area contributed by atoms with E-state index < -0.39 is 29.5 Å². The molecule has 4 rings (SSSR count). The van der Waals surface area contributed by atoms with Gasteiger partial charge in [-0.25, -0.2) is 13.8 Å². The van der Waals surface area contributed by atoms with Crippen molar-refractivity contribution in [1.82, 2.24) is 20.2 Å². The molecule has 3 aromatic carbocycles. The monoisotopic (exact) mass is 420 g/mol. The lowest BCUT2D eigenvalue weighted by Gasteiger charge is -2.18. The second-order valence-corrected chi connectivity index (χ2v) is 6.84. The molecule has 1 heterocycles. The molecule has 0 saturated heterocycles. The van der Waals surface area contributed by atoms with Gasteiger partial charge >= 0.3 is 0 Å². The molecule has 156 valence electrons. The first kappa shape index (κ1) is 20.2. The number of benzene rings is 3. The number of nitrogens with zero attached hydrogens (tertiary/aromatic N) is 2. The first-order chi connectivity index (χ1) is 15.0. The van der Waals surface area contributed by atoms with E-state index in [1.807, 2.05) is 28.8 Å². The molecule has 8 heteroatoms. The second-order valence-electron chi connectivity index (χ2n) is 6.84. The van der Waals surface area contributed by atoms with E-state index >= 15 is 0 Å². The summed E-state index contributed by atoms with van der Waals surface area (Å²) in [6, 6.07) is 16.3. The highest BCUT2D eigenvalue weighted by atomic mass is 19.2. The van der Waals surface area contributed by atoms with Gasteiger partial charge in [-0.2, -0.15) is 0 Å².